The minimum Gasteiger partial charge on any atom is -0.496 e. The average Bonchev–Trinajstić information content (AvgIpc) is 3.08. The first-order valence-electron chi connectivity index (χ1n) is 6.86. The lowest BCUT2D eigenvalue weighted by molar-refractivity contribution is 0.296. The third kappa shape index (κ3) is 3.06. The molecular weight excluding hydrogens is 280 g/mol. The Morgan fingerprint density at radius 2 is 1.91 bits per heavy atom. The van der Waals surface area contributed by atoms with Crippen molar-refractivity contribution in [2.75, 3.05) is 7.11 Å². The molecule has 0 fully saturated rings. The Hall–Kier alpha value is -2.89. The van der Waals surface area contributed by atoms with Crippen LogP contribution >= 0.6 is 0 Å². The van der Waals surface area contributed by atoms with Gasteiger partial charge in [-0.3, -0.25) is 0 Å². The zero-order valence-corrected chi connectivity index (χ0v) is 12.4. The van der Waals surface area contributed by atoms with E-state index in [-0.39, 0.29) is 0 Å². The molecule has 0 aliphatic rings. The Morgan fingerprint density at radius 1 is 1.09 bits per heavy atom. The molecule has 6 nitrogen and oxygen atoms in total. The molecule has 1 heterocycles. The summed E-state index contributed by atoms with van der Waals surface area (Å²) in [6.07, 6.45) is 1.55. The van der Waals surface area contributed by atoms with Crippen LogP contribution in [0.25, 0.3) is 5.69 Å². The summed E-state index contributed by atoms with van der Waals surface area (Å²) >= 11 is 0. The van der Waals surface area contributed by atoms with E-state index >= 15 is 0 Å². The van der Waals surface area contributed by atoms with Crippen LogP contribution in [0.1, 0.15) is 11.1 Å². The molecule has 0 saturated heterocycles. The van der Waals surface area contributed by atoms with E-state index in [0.29, 0.717) is 6.61 Å². The van der Waals surface area contributed by atoms with Crippen molar-refractivity contribution >= 4 is 0 Å². The van der Waals surface area contributed by atoms with Gasteiger partial charge in [0.2, 0.25) is 0 Å². The molecule has 0 unspecified atom stereocenters. The third-order valence-corrected chi connectivity index (χ3v) is 3.28. The molecule has 3 rings (SSSR count). The van der Waals surface area contributed by atoms with Crippen molar-refractivity contribution in [2.45, 2.75) is 13.5 Å². The van der Waals surface area contributed by atoms with Crippen molar-refractivity contribution in [3.63, 3.8) is 0 Å². The first-order valence-corrected chi connectivity index (χ1v) is 6.86. The van der Waals surface area contributed by atoms with Gasteiger partial charge in [-0.15, -0.1) is 5.10 Å². The number of aryl methyl sites for hydroxylation is 1. The summed E-state index contributed by atoms with van der Waals surface area (Å²) in [6, 6.07) is 13.6. The Kier molecular flexibility index (Phi) is 4.00. The summed E-state index contributed by atoms with van der Waals surface area (Å²) in [6.45, 7) is 2.50. The van der Waals surface area contributed by atoms with Gasteiger partial charge in [-0.05, 0) is 53.7 Å². The highest BCUT2D eigenvalue weighted by molar-refractivity contribution is 5.38. The Labute approximate surface area is 128 Å². The van der Waals surface area contributed by atoms with E-state index < -0.39 is 0 Å². The van der Waals surface area contributed by atoms with E-state index in [2.05, 4.69) is 21.6 Å². The van der Waals surface area contributed by atoms with Crippen LogP contribution in [0.4, 0.5) is 0 Å². The SMILES string of the molecule is COc1ccc(C)cc1COc1ccc(-n2cnnn2)cc1. The molecule has 0 saturated carbocycles. The van der Waals surface area contributed by atoms with E-state index in [1.807, 2.05) is 43.3 Å². The zero-order valence-electron chi connectivity index (χ0n) is 12.4. The molecular formula is C16H16N4O2. The number of methoxy groups -OCH3 is 1. The Bertz CT molecular complexity index is 739. The maximum atomic E-state index is 5.82. The first-order chi connectivity index (χ1) is 10.8. The minimum atomic E-state index is 0.453. The number of hydrogen-bond donors (Lipinski definition) is 0. The number of tetrazole rings is 1. The van der Waals surface area contributed by atoms with E-state index in [4.69, 9.17) is 9.47 Å². The molecule has 1 aromatic heterocycles. The van der Waals surface area contributed by atoms with Gasteiger partial charge in [-0.1, -0.05) is 11.6 Å². The van der Waals surface area contributed by atoms with Crippen molar-refractivity contribution in [3.8, 4) is 17.2 Å². The molecule has 2 aromatic carbocycles. The van der Waals surface area contributed by atoms with Gasteiger partial charge in [0.15, 0.2) is 0 Å². The summed E-state index contributed by atoms with van der Waals surface area (Å²) in [5, 5.41) is 11.1. The molecule has 0 aliphatic carbocycles. The largest absolute Gasteiger partial charge is 0.496 e. The zero-order chi connectivity index (χ0) is 15.4. The van der Waals surface area contributed by atoms with Crippen LogP contribution in [-0.4, -0.2) is 27.3 Å². The highest BCUT2D eigenvalue weighted by Crippen LogP contribution is 2.22. The standard InChI is InChI=1S/C16H16N4O2/c1-12-3-8-16(21-2)13(9-12)10-22-15-6-4-14(5-7-15)20-11-17-18-19-20/h3-9,11H,10H2,1-2H3. The molecule has 3 aromatic rings. The van der Waals surface area contributed by atoms with Gasteiger partial charge in [0, 0.05) is 5.56 Å². The summed E-state index contributed by atoms with van der Waals surface area (Å²) in [4.78, 5) is 0. The molecule has 0 spiro atoms. The number of ether oxygens (including phenoxy) is 2. The molecule has 0 aliphatic heterocycles. The fourth-order valence-electron chi connectivity index (χ4n) is 2.16. The van der Waals surface area contributed by atoms with Gasteiger partial charge in [-0.25, -0.2) is 4.68 Å². The Morgan fingerprint density at radius 3 is 2.59 bits per heavy atom. The lowest BCUT2D eigenvalue weighted by Gasteiger charge is -2.11. The molecule has 22 heavy (non-hydrogen) atoms. The van der Waals surface area contributed by atoms with Crippen molar-refractivity contribution in [1.82, 2.24) is 20.2 Å². The van der Waals surface area contributed by atoms with Gasteiger partial charge >= 0.3 is 0 Å². The van der Waals surface area contributed by atoms with Gasteiger partial charge in [0.05, 0.1) is 12.8 Å². The van der Waals surface area contributed by atoms with E-state index in [9.17, 15) is 0 Å². The summed E-state index contributed by atoms with van der Waals surface area (Å²) in [5.74, 6) is 1.61. The smallest absolute Gasteiger partial charge is 0.143 e. The first kappa shape index (κ1) is 14.1. The lowest BCUT2D eigenvalue weighted by Crippen LogP contribution is -2.00. The average molecular weight is 296 g/mol. The van der Waals surface area contributed by atoms with Crippen LogP contribution in [0.15, 0.2) is 48.8 Å². The number of nitrogens with zero attached hydrogens (tertiary/aromatic N) is 4. The maximum absolute atomic E-state index is 5.82. The van der Waals surface area contributed by atoms with Crippen LogP contribution < -0.4 is 9.47 Å². The predicted octanol–water partition coefficient (Wildman–Crippen LogP) is 2.56. The van der Waals surface area contributed by atoms with Gasteiger partial charge < -0.3 is 9.47 Å². The minimum absolute atomic E-state index is 0.453. The summed E-state index contributed by atoms with van der Waals surface area (Å²) in [7, 11) is 1.66. The van der Waals surface area contributed by atoms with Crippen LogP contribution in [0.2, 0.25) is 0 Å². The molecule has 0 N–H and O–H groups in total. The third-order valence-electron chi connectivity index (χ3n) is 3.28. The van der Waals surface area contributed by atoms with Crippen LogP contribution in [-0.2, 0) is 6.61 Å². The summed E-state index contributed by atoms with van der Waals surface area (Å²) < 4.78 is 12.8. The molecule has 0 radical (unpaired) electrons. The maximum Gasteiger partial charge on any atom is 0.143 e. The molecule has 0 bridgehead atoms. The monoisotopic (exact) mass is 296 g/mol. The van der Waals surface area contributed by atoms with E-state index in [0.717, 1.165) is 22.7 Å². The van der Waals surface area contributed by atoms with E-state index in [1.54, 1.807) is 18.1 Å². The predicted molar refractivity (Wildman–Crippen MR) is 81.2 cm³/mol. The Balaban J connectivity index is 1.70. The number of rotatable bonds is 5. The van der Waals surface area contributed by atoms with Crippen LogP contribution in [0.3, 0.4) is 0 Å². The fraction of sp³-hybridized carbons (Fsp3) is 0.188. The lowest BCUT2D eigenvalue weighted by atomic mass is 10.1. The molecule has 112 valence electrons. The second kappa shape index (κ2) is 6.26. The highest BCUT2D eigenvalue weighted by Gasteiger charge is 2.05. The van der Waals surface area contributed by atoms with Crippen molar-refractivity contribution < 1.29 is 9.47 Å². The quantitative estimate of drug-likeness (QED) is 0.724. The fourth-order valence-corrected chi connectivity index (χ4v) is 2.16. The second-order valence-corrected chi connectivity index (χ2v) is 4.85. The topological polar surface area (TPSA) is 62.1 Å². The number of hydrogen-bond acceptors (Lipinski definition) is 5. The van der Waals surface area contributed by atoms with Crippen molar-refractivity contribution in [2.24, 2.45) is 0 Å². The van der Waals surface area contributed by atoms with Gasteiger partial charge in [0.1, 0.15) is 24.4 Å². The van der Waals surface area contributed by atoms with Gasteiger partial charge in [0.25, 0.3) is 0 Å². The van der Waals surface area contributed by atoms with Crippen molar-refractivity contribution in [3.05, 3.63) is 59.9 Å². The normalized spacial score (nSPS) is 10.5. The molecule has 6 heteroatoms. The highest BCUT2D eigenvalue weighted by atomic mass is 16.5. The van der Waals surface area contributed by atoms with Crippen LogP contribution in [0.5, 0.6) is 11.5 Å². The molecule has 0 amide bonds. The van der Waals surface area contributed by atoms with Crippen molar-refractivity contribution in [1.29, 1.82) is 0 Å². The van der Waals surface area contributed by atoms with Crippen LogP contribution in [0, 0.1) is 6.92 Å². The van der Waals surface area contributed by atoms with Gasteiger partial charge in [-0.2, -0.15) is 0 Å². The number of benzene rings is 2. The number of aromatic nitrogens is 4. The second-order valence-electron chi connectivity index (χ2n) is 4.85. The summed E-state index contributed by atoms with van der Waals surface area (Å²) in [5.41, 5.74) is 3.07. The molecule has 0 atom stereocenters. The van der Waals surface area contributed by atoms with E-state index in [1.165, 1.54) is 5.56 Å².